The van der Waals surface area contributed by atoms with Gasteiger partial charge in [-0.05, 0) is 42.3 Å². The Balaban J connectivity index is 1.60. The first-order chi connectivity index (χ1) is 12.3. The van der Waals surface area contributed by atoms with Gasteiger partial charge in [0.15, 0.2) is 21.3 Å². The van der Waals surface area contributed by atoms with Crippen molar-refractivity contribution in [3.05, 3.63) is 58.1 Å². The molecular weight excluding hydrogens is 422 g/mol. The van der Waals surface area contributed by atoms with Gasteiger partial charge in [0.05, 0.1) is 11.8 Å². The zero-order valence-electron chi connectivity index (χ0n) is 14.1. The molecular formula is C18H18BrNO5S. The Kier molecular flexibility index (Phi) is 5.52. The minimum absolute atomic E-state index is 0.174. The van der Waals surface area contributed by atoms with Crippen molar-refractivity contribution in [2.75, 3.05) is 12.5 Å². The molecule has 1 heterocycles. The summed E-state index contributed by atoms with van der Waals surface area (Å²) in [7, 11) is -3.57. The van der Waals surface area contributed by atoms with Gasteiger partial charge in [0.1, 0.15) is 5.75 Å². The van der Waals surface area contributed by atoms with Crippen molar-refractivity contribution in [3.63, 3.8) is 0 Å². The van der Waals surface area contributed by atoms with Crippen LogP contribution < -0.4 is 14.8 Å². The SMILES string of the molecule is CC(NC(=O)CS(=O)(=O)Cc1cccc(Br)c1)c1ccc2c(c1)OCO2. The van der Waals surface area contributed by atoms with E-state index in [1.807, 2.05) is 12.1 Å². The average molecular weight is 440 g/mol. The third kappa shape index (κ3) is 4.76. The Hall–Kier alpha value is -2.06. The molecule has 0 spiro atoms. The maximum atomic E-state index is 12.3. The number of nitrogens with one attached hydrogen (secondary N) is 1. The molecule has 0 saturated heterocycles. The van der Waals surface area contributed by atoms with E-state index in [0.29, 0.717) is 17.1 Å². The molecule has 6 nitrogen and oxygen atoms in total. The number of hydrogen-bond acceptors (Lipinski definition) is 5. The molecule has 1 N–H and O–H groups in total. The number of fused-ring (bicyclic) bond motifs is 1. The van der Waals surface area contributed by atoms with Gasteiger partial charge in [-0.3, -0.25) is 4.79 Å². The van der Waals surface area contributed by atoms with Gasteiger partial charge in [-0.1, -0.05) is 34.1 Å². The van der Waals surface area contributed by atoms with E-state index in [0.717, 1.165) is 10.0 Å². The Labute approximate surface area is 160 Å². The Morgan fingerprint density at radius 3 is 2.73 bits per heavy atom. The number of benzene rings is 2. The van der Waals surface area contributed by atoms with Gasteiger partial charge < -0.3 is 14.8 Å². The van der Waals surface area contributed by atoms with Crippen molar-refractivity contribution >= 4 is 31.7 Å². The fourth-order valence-corrected chi connectivity index (χ4v) is 4.40. The molecule has 138 valence electrons. The first-order valence-electron chi connectivity index (χ1n) is 7.96. The Bertz CT molecular complexity index is 929. The van der Waals surface area contributed by atoms with Crippen LogP contribution in [0.1, 0.15) is 24.1 Å². The molecule has 0 aliphatic carbocycles. The number of hydrogen-bond donors (Lipinski definition) is 1. The standard InChI is InChI=1S/C18H18BrNO5S/c1-12(14-5-6-16-17(8-14)25-11-24-16)20-18(21)10-26(22,23)9-13-3-2-4-15(19)7-13/h2-8,12H,9-11H2,1H3,(H,20,21). The summed E-state index contributed by atoms with van der Waals surface area (Å²) in [4.78, 5) is 12.2. The highest BCUT2D eigenvalue weighted by atomic mass is 79.9. The van der Waals surface area contributed by atoms with Crippen molar-refractivity contribution in [3.8, 4) is 11.5 Å². The smallest absolute Gasteiger partial charge is 0.235 e. The van der Waals surface area contributed by atoms with Crippen molar-refractivity contribution in [2.45, 2.75) is 18.7 Å². The molecule has 8 heteroatoms. The highest BCUT2D eigenvalue weighted by molar-refractivity contribution is 9.10. The van der Waals surface area contributed by atoms with Crippen LogP contribution in [0.2, 0.25) is 0 Å². The number of carbonyl (C=O) groups excluding carboxylic acids is 1. The predicted molar refractivity (Wildman–Crippen MR) is 101 cm³/mol. The summed E-state index contributed by atoms with van der Waals surface area (Å²) in [6.45, 7) is 1.96. The van der Waals surface area contributed by atoms with Crippen LogP contribution in [0, 0.1) is 0 Å². The summed E-state index contributed by atoms with van der Waals surface area (Å²) in [5.41, 5.74) is 1.45. The van der Waals surface area contributed by atoms with E-state index in [9.17, 15) is 13.2 Å². The molecule has 3 rings (SSSR count). The molecule has 1 atom stereocenters. The molecule has 1 unspecified atom stereocenters. The second kappa shape index (κ2) is 7.67. The van der Waals surface area contributed by atoms with Crippen molar-refractivity contribution in [2.24, 2.45) is 0 Å². The summed E-state index contributed by atoms with van der Waals surface area (Å²) in [6, 6.07) is 12.0. The van der Waals surface area contributed by atoms with Crippen LogP contribution in [0.15, 0.2) is 46.9 Å². The van der Waals surface area contributed by atoms with E-state index in [2.05, 4.69) is 21.2 Å². The monoisotopic (exact) mass is 439 g/mol. The molecule has 0 bridgehead atoms. The first kappa shape index (κ1) is 18.7. The maximum absolute atomic E-state index is 12.3. The first-order valence-corrected chi connectivity index (χ1v) is 10.6. The fourth-order valence-electron chi connectivity index (χ4n) is 2.68. The van der Waals surface area contributed by atoms with Crippen LogP contribution in [-0.2, 0) is 20.4 Å². The van der Waals surface area contributed by atoms with Gasteiger partial charge in [0.25, 0.3) is 0 Å². The van der Waals surface area contributed by atoms with E-state index in [4.69, 9.17) is 9.47 Å². The molecule has 2 aromatic carbocycles. The molecule has 1 aliphatic heterocycles. The van der Waals surface area contributed by atoms with Gasteiger partial charge in [0.2, 0.25) is 12.7 Å². The molecule has 2 aromatic rings. The molecule has 0 radical (unpaired) electrons. The average Bonchev–Trinajstić information content (AvgIpc) is 3.01. The number of rotatable bonds is 6. The van der Waals surface area contributed by atoms with Crippen LogP contribution in [0.3, 0.4) is 0 Å². The van der Waals surface area contributed by atoms with E-state index in [-0.39, 0.29) is 18.6 Å². The largest absolute Gasteiger partial charge is 0.454 e. The minimum atomic E-state index is -3.57. The molecule has 1 aliphatic rings. The van der Waals surface area contributed by atoms with Crippen LogP contribution in [0.5, 0.6) is 11.5 Å². The molecule has 0 saturated carbocycles. The lowest BCUT2D eigenvalue weighted by Gasteiger charge is -2.15. The summed E-state index contributed by atoms with van der Waals surface area (Å²) >= 11 is 3.31. The van der Waals surface area contributed by atoms with Crippen molar-refractivity contribution in [1.29, 1.82) is 0 Å². The summed E-state index contributed by atoms with van der Waals surface area (Å²) in [6.07, 6.45) is 0. The van der Waals surface area contributed by atoms with Crippen LogP contribution in [0.25, 0.3) is 0 Å². The van der Waals surface area contributed by atoms with Gasteiger partial charge in [0, 0.05) is 4.47 Å². The highest BCUT2D eigenvalue weighted by Gasteiger charge is 2.21. The lowest BCUT2D eigenvalue weighted by Crippen LogP contribution is -2.32. The second-order valence-corrected chi connectivity index (χ2v) is 9.04. The maximum Gasteiger partial charge on any atom is 0.235 e. The predicted octanol–water partition coefficient (Wildman–Crippen LogP) is 2.97. The van der Waals surface area contributed by atoms with Gasteiger partial charge in [-0.15, -0.1) is 0 Å². The lowest BCUT2D eigenvalue weighted by atomic mass is 10.1. The number of sulfone groups is 1. The number of amides is 1. The van der Waals surface area contributed by atoms with Gasteiger partial charge >= 0.3 is 0 Å². The fraction of sp³-hybridized carbons (Fsp3) is 0.278. The third-order valence-electron chi connectivity index (χ3n) is 3.90. The Morgan fingerprint density at radius 1 is 1.19 bits per heavy atom. The van der Waals surface area contributed by atoms with E-state index < -0.39 is 21.5 Å². The zero-order chi connectivity index (χ0) is 18.7. The molecule has 1 amide bonds. The highest BCUT2D eigenvalue weighted by Crippen LogP contribution is 2.34. The van der Waals surface area contributed by atoms with E-state index in [1.54, 1.807) is 37.3 Å². The van der Waals surface area contributed by atoms with Crippen LogP contribution in [0.4, 0.5) is 0 Å². The van der Waals surface area contributed by atoms with Gasteiger partial charge in [-0.2, -0.15) is 0 Å². The molecule has 0 fully saturated rings. The zero-order valence-corrected chi connectivity index (χ0v) is 16.5. The minimum Gasteiger partial charge on any atom is -0.454 e. The quantitative estimate of drug-likeness (QED) is 0.747. The van der Waals surface area contributed by atoms with Gasteiger partial charge in [-0.25, -0.2) is 8.42 Å². The van der Waals surface area contributed by atoms with Crippen LogP contribution >= 0.6 is 15.9 Å². The van der Waals surface area contributed by atoms with E-state index in [1.165, 1.54) is 0 Å². The number of halogens is 1. The lowest BCUT2D eigenvalue weighted by molar-refractivity contribution is -0.119. The van der Waals surface area contributed by atoms with Crippen molar-refractivity contribution in [1.82, 2.24) is 5.32 Å². The molecule has 26 heavy (non-hydrogen) atoms. The summed E-state index contributed by atoms with van der Waals surface area (Å²) < 4.78 is 35.9. The molecule has 0 aromatic heterocycles. The second-order valence-electron chi connectivity index (χ2n) is 6.06. The normalized spacial score (nSPS) is 14.1. The van der Waals surface area contributed by atoms with E-state index >= 15 is 0 Å². The third-order valence-corrected chi connectivity index (χ3v) is 5.87. The summed E-state index contributed by atoms with van der Waals surface area (Å²) in [5, 5.41) is 2.72. The Morgan fingerprint density at radius 2 is 1.96 bits per heavy atom. The van der Waals surface area contributed by atoms with Crippen molar-refractivity contribution < 1.29 is 22.7 Å². The van der Waals surface area contributed by atoms with Crippen LogP contribution in [-0.4, -0.2) is 26.9 Å². The number of ether oxygens (including phenoxy) is 2. The summed E-state index contributed by atoms with van der Waals surface area (Å²) in [5.74, 6) is -0.00735. The number of carbonyl (C=O) groups is 1. The topological polar surface area (TPSA) is 81.7 Å².